The van der Waals surface area contributed by atoms with Crippen molar-refractivity contribution in [3.8, 4) is 17.5 Å². The summed E-state index contributed by atoms with van der Waals surface area (Å²) >= 11 is 0. The fourth-order valence-electron chi connectivity index (χ4n) is 3.01. The van der Waals surface area contributed by atoms with E-state index in [0.29, 0.717) is 6.07 Å². The van der Waals surface area contributed by atoms with Crippen LogP contribution in [0.15, 0.2) is 40.3 Å². The topological polar surface area (TPSA) is 210 Å². The molecule has 0 fully saturated rings. The highest BCUT2D eigenvalue weighted by molar-refractivity contribution is 7.86. The second-order valence-electron chi connectivity index (χ2n) is 6.21. The first-order valence-corrected chi connectivity index (χ1v) is 10.9. The summed E-state index contributed by atoms with van der Waals surface area (Å²) in [4.78, 5) is 10.8. The zero-order valence-electron chi connectivity index (χ0n) is 15.5. The maximum absolute atomic E-state index is 12.3. The van der Waals surface area contributed by atoms with Crippen LogP contribution in [0.25, 0.3) is 16.5 Å². The number of hydrogen-bond donors (Lipinski definition) is 4. The van der Waals surface area contributed by atoms with Crippen molar-refractivity contribution in [2.75, 3.05) is 12.8 Å². The van der Waals surface area contributed by atoms with Gasteiger partial charge in [-0.3, -0.25) is 9.11 Å². The van der Waals surface area contributed by atoms with Gasteiger partial charge >= 0.3 is 5.97 Å². The Morgan fingerprint density at radius 3 is 2.13 bits per heavy atom. The van der Waals surface area contributed by atoms with Gasteiger partial charge < -0.3 is 20.1 Å². The summed E-state index contributed by atoms with van der Waals surface area (Å²) in [6.45, 7) is 0. The fraction of sp³-hybridized carbons (Fsp3) is 0.0588. The Kier molecular flexibility index (Phi) is 5.16. The lowest BCUT2D eigenvalue weighted by atomic mass is 10.1. The Morgan fingerprint density at radius 2 is 1.65 bits per heavy atom. The zero-order valence-corrected chi connectivity index (χ0v) is 17.1. The average molecular weight is 467 g/mol. The van der Waals surface area contributed by atoms with Gasteiger partial charge in [-0.2, -0.15) is 22.1 Å². The lowest BCUT2D eigenvalue weighted by Crippen LogP contribution is -2.12. The molecular weight excluding hydrogens is 454 g/mol. The first kappa shape index (κ1) is 22.1. The predicted molar refractivity (Wildman–Crippen MR) is 105 cm³/mol. The first-order chi connectivity index (χ1) is 14.3. The van der Waals surface area contributed by atoms with Gasteiger partial charge in [0.2, 0.25) is 0 Å². The number of ether oxygens (including phenoxy) is 1. The van der Waals surface area contributed by atoms with Gasteiger partial charge in [-0.25, -0.2) is 4.79 Å². The second kappa shape index (κ2) is 7.25. The van der Waals surface area contributed by atoms with Crippen molar-refractivity contribution in [2.24, 2.45) is 0 Å². The maximum Gasteiger partial charge on any atom is 0.357 e. The highest BCUT2D eigenvalue weighted by atomic mass is 32.2. The maximum atomic E-state index is 12.3. The van der Waals surface area contributed by atoms with Gasteiger partial charge in [-0.15, -0.1) is 0 Å². The van der Waals surface area contributed by atoms with Crippen LogP contribution in [-0.2, 0) is 25.0 Å². The summed E-state index contributed by atoms with van der Waals surface area (Å²) in [5.41, 5.74) is 4.72. The number of hydrogen-bond acceptors (Lipinski definition) is 9. The van der Waals surface area contributed by atoms with Crippen LogP contribution in [0.2, 0.25) is 0 Å². The summed E-state index contributed by atoms with van der Waals surface area (Å²) in [5, 5.41) is 19.3. The van der Waals surface area contributed by atoms with Crippen molar-refractivity contribution in [1.82, 2.24) is 4.57 Å². The SMILES string of the molecule is COC(=O)c1c(N)c(C#N)cn1-c1cc(S(=O)(=O)O)cc2cc(S(=O)(=O)O)cc(O)c12. The quantitative estimate of drug-likeness (QED) is 0.315. The minimum absolute atomic E-state index is 0.176. The van der Waals surface area contributed by atoms with Gasteiger partial charge in [-0.05, 0) is 23.6 Å². The van der Waals surface area contributed by atoms with Gasteiger partial charge in [0.25, 0.3) is 20.2 Å². The molecule has 3 aromatic rings. The number of phenols is 1. The molecule has 1 heterocycles. The molecule has 0 saturated carbocycles. The molecule has 31 heavy (non-hydrogen) atoms. The van der Waals surface area contributed by atoms with E-state index in [0.717, 1.165) is 36.1 Å². The third-order valence-electron chi connectivity index (χ3n) is 4.35. The van der Waals surface area contributed by atoms with Gasteiger partial charge in [0.05, 0.1) is 33.8 Å². The molecule has 0 aliphatic heterocycles. The number of fused-ring (bicyclic) bond motifs is 1. The molecule has 162 valence electrons. The summed E-state index contributed by atoms with van der Waals surface area (Å²) in [7, 11) is -8.61. The molecule has 14 heteroatoms. The van der Waals surface area contributed by atoms with Crippen LogP contribution in [0.4, 0.5) is 5.69 Å². The number of rotatable bonds is 4. The molecule has 0 aliphatic rings. The van der Waals surface area contributed by atoms with Crippen LogP contribution in [0, 0.1) is 11.3 Å². The molecule has 2 aromatic carbocycles. The van der Waals surface area contributed by atoms with Crippen molar-refractivity contribution in [3.05, 3.63) is 41.7 Å². The zero-order chi connectivity index (χ0) is 23.3. The third-order valence-corrected chi connectivity index (χ3v) is 6.02. The van der Waals surface area contributed by atoms with Gasteiger partial charge in [0, 0.05) is 17.6 Å². The number of anilines is 1. The van der Waals surface area contributed by atoms with Gasteiger partial charge in [-0.1, -0.05) is 0 Å². The van der Waals surface area contributed by atoms with E-state index in [1.165, 1.54) is 0 Å². The Bertz CT molecular complexity index is 1510. The van der Waals surface area contributed by atoms with Crippen LogP contribution in [0.1, 0.15) is 16.1 Å². The van der Waals surface area contributed by atoms with Crippen molar-refractivity contribution >= 4 is 42.7 Å². The molecule has 3 rings (SSSR count). The van der Waals surface area contributed by atoms with Crippen molar-refractivity contribution in [3.63, 3.8) is 0 Å². The number of aromatic hydroxyl groups is 1. The number of benzene rings is 2. The number of nitrogens with two attached hydrogens (primary N) is 1. The number of methoxy groups -OCH3 is 1. The predicted octanol–water partition coefficient (Wildman–Crippen LogP) is 1.07. The normalized spacial score (nSPS) is 11.9. The molecule has 1 aromatic heterocycles. The van der Waals surface area contributed by atoms with E-state index < -0.39 is 41.7 Å². The molecule has 0 amide bonds. The van der Waals surface area contributed by atoms with Gasteiger partial charge in [0.1, 0.15) is 11.8 Å². The number of esters is 1. The lowest BCUT2D eigenvalue weighted by molar-refractivity contribution is 0.0593. The molecular formula is C17H13N3O9S2. The Morgan fingerprint density at radius 1 is 1.10 bits per heavy atom. The lowest BCUT2D eigenvalue weighted by Gasteiger charge is -2.15. The monoisotopic (exact) mass is 467 g/mol. The Hall–Kier alpha value is -3.64. The number of phenolic OH excluding ortho intramolecular Hbond substituents is 1. The summed E-state index contributed by atoms with van der Waals surface area (Å²) in [5.74, 6) is -1.72. The van der Waals surface area contributed by atoms with Crippen LogP contribution in [0.5, 0.6) is 5.75 Å². The summed E-state index contributed by atoms with van der Waals surface area (Å²) in [6.07, 6.45) is 1.07. The molecule has 5 N–H and O–H groups in total. The van der Waals surface area contributed by atoms with E-state index in [2.05, 4.69) is 4.74 Å². The van der Waals surface area contributed by atoms with E-state index in [-0.39, 0.29) is 33.4 Å². The van der Waals surface area contributed by atoms with Crippen molar-refractivity contribution in [1.29, 1.82) is 5.26 Å². The van der Waals surface area contributed by atoms with Crippen LogP contribution < -0.4 is 5.73 Å². The molecule has 0 saturated heterocycles. The van der Waals surface area contributed by atoms with Gasteiger partial charge in [0.15, 0.2) is 5.69 Å². The second-order valence-corrected chi connectivity index (χ2v) is 9.05. The minimum atomic E-state index is -4.85. The summed E-state index contributed by atoms with van der Waals surface area (Å²) < 4.78 is 70.9. The van der Waals surface area contributed by atoms with Crippen molar-refractivity contribution < 1.29 is 40.6 Å². The van der Waals surface area contributed by atoms with Crippen molar-refractivity contribution in [2.45, 2.75) is 9.79 Å². The largest absolute Gasteiger partial charge is 0.507 e. The fourth-order valence-corrected chi connectivity index (χ4v) is 4.08. The molecule has 0 bridgehead atoms. The smallest absolute Gasteiger partial charge is 0.357 e. The summed E-state index contributed by atoms with van der Waals surface area (Å²) in [6, 6.07) is 5.01. The third kappa shape index (κ3) is 3.78. The van der Waals surface area contributed by atoms with E-state index in [1.807, 2.05) is 0 Å². The molecule has 0 radical (unpaired) electrons. The van der Waals surface area contributed by atoms with Crippen LogP contribution in [0.3, 0.4) is 0 Å². The molecule has 0 unspecified atom stereocenters. The number of nitriles is 1. The number of carbonyl (C=O) groups excluding carboxylic acids is 1. The highest BCUT2D eigenvalue weighted by Gasteiger charge is 2.26. The Balaban J connectivity index is 2.58. The van der Waals surface area contributed by atoms with Crippen LogP contribution in [-0.4, -0.2) is 48.7 Å². The number of nitrogen functional groups attached to an aromatic ring is 1. The molecule has 0 atom stereocenters. The van der Waals surface area contributed by atoms with E-state index in [1.54, 1.807) is 6.07 Å². The Labute approximate surface area is 175 Å². The molecule has 0 spiro atoms. The van der Waals surface area contributed by atoms with E-state index >= 15 is 0 Å². The molecule has 0 aliphatic carbocycles. The average Bonchev–Trinajstić information content (AvgIpc) is 3.01. The standard InChI is InChI=1S/C17H13N3O9S2/c1-29-17(22)16-15(19)9(6-18)7-20(16)12-4-10(30(23,24)25)2-8-3-11(31(26,27)28)5-13(21)14(8)12/h2-5,7,21H,19H2,1H3,(H,23,24,25)(H,26,27,28). The number of aromatic nitrogens is 1. The van der Waals surface area contributed by atoms with E-state index in [9.17, 15) is 41.1 Å². The first-order valence-electron chi connectivity index (χ1n) is 8.05. The van der Waals surface area contributed by atoms with E-state index in [4.69, 9.17) is 5.73 Å². The molecule has 12 nitrogen and oxygen atoms in total. The number of nitrogens with zero attached hydrogens (tertiary/aromatic N) is 2. The number of carbonyl (C=O) groups is 1. The minimum Gasteiger partial charge on any atom is -0.507 e. The highest BCUT2D eigenvalue weighted by Crippen LogP contribution is 2.37. The van der Waals surface area contributed by atoms with Crippen LogP contribution >= 0.6 is 0 Å².